The van der Waals surface area contributed by atoms with Crippen LogP contribution in [0.1, 0.15) is 41.8 Å². The molecule has 0 spiro atoms. The van der Waals surface area contributed by atoms with Crippen molar-refractivity contribution in [2.24, 2.45) is 0 Å². The second-order valence-electron chi connectivity index (χ2n) is 5.27. The Labute approximate surface area is 124 Å². The van der Waals surface area contributed by atoms with Crippen LogP contribution in [0.5, 0.6) is 0 Å². The summed E-state index contributed by atoms with van der Waals surface area (Å²) in [5, 5.41) is 3.26. The second kappa shape index (κ2) is 6.76. The van der Waals surface area contributed by atoms with E-state index in [1.807, 2.05) is 26.8 Å². The predicted molar refractivity (Wildman–Crippen MR) is 80.2 cm³/mol. The van der Waals surface area contributed by atoms with Gasteiger partial charge in [-0.3, -0.25) is 4.98 Å². The van der Waals surface area contributed by atoms with Gasteiger partial charge in [0.05, 0.1) is 11.7 Å². The number of hydrogen-bond acceptors (Lipinski definition) is 2. The molecule has 21 heavy (non-hydrogen) atoms. The molecule has 0 aliphatic heterocycles. The van der Waals surface area contributed by atoms with E-state index in [9.17, 15) is 8.78 Å². The number of nitrogens with zero attached hydrogens (tertiary/aromatic N) is 1. The average molecular weight is 290 g/mol. The minimum absolute atomic E-state index is 0.294. The molecule has 1 aromatic heterocycles. The van der Waals surface area contributed by atoms with Crippen LogP contribution in [0, 0.1) is 25.5 Å². The van der Waals surface area contributed by atoms with Crippen LogP contribution in [0.15, 0.2) is 30.5 Å². The molecule has 4 heteroatoms. The summed E-state index contributed by atoms with van der Waals surface area (Å²) in [5.41, 5.74) is 3.04. The highest BCUT2D eigenvalue weighted by atomic mass is 19.1. The molecule has 0 aliphatic rings. The van der Waals surface area contributed by atoms with Gasteiger partial charge in [0, 0.05) is 11.8 Å². The van der Waals surface area contributed by atoms with E-state index in [1.165, 1.54) is 6.07 Å². The Morgan fingerprint density at radius 1 is 1.19 bits per heavy atom. The zero-order valence-electron chi connectivity index (χ0n) is 12.6. The van der Waals surface area contributed by atoms with Crippen molar-refractivity contribution >= 4 is 0 Å². The lowest BCUT2D eigenvalue weighted by Crippen LogP contribution is -2.26. The van der Waals surface area contributed by atoms with Crippen molar-refractivity contribution in [3.05, 3.63) is 64.5 Å². The first kappa shape index (κ1) is 15.6. The van der Waals surface area contributed by atoms with Crippen LogP contribution in [-0.4, -0.2) is 11.5 Å². The number of aromatic nitrogens is 1. The molecule has 1 atom stereocenters. The maximum Gasteiger partial charge on any atom is 0.128 e. The molecular formula is C17H20F2N2. The Morgan fingerprint density at radius 3 is 2.62 bits per heavy atom. The highest BCUT2D eigenvalue weighted by Crippen LogP contribution is 2.26. The van der Waals surface area contributed by atoms with Crippen molar-refractivity contribution in [1.29, 1.82) is 0 Å². The van der Waals surface area contributed by atoms with Gasteiger partial charge in [-0.1, -0.05) is 13.0 Å². The van der Waals surface area contributed by atoms with Crippen molar-refractivity contribution in [1.82, 2.24) is 10.3 Å². The molecule has 0 aliphatic carbocycles. The van der Waals surface area contributed by atoms with Crippen LogP contribution in [0.4, 0.5) is 8.78 Å². The summed E-state index contributed by atoms with van der Waals surface area (Å²) in [6, 6.07) is 5.09. The molecule has 0 saturated heterocycles. The molecule has 0 saturated carbocycles. The van der Waals surface area contributed by atoms with Crippen LogP contribution < -0.4 is 5.32 Å². The highest BCUT2D eigenvalue weighted by molar-refractivity contribution is 5.34. The van der Waals surface area contributed by atoms with Crippen LogP contribution in [-0.2, 0) is 0 Å². The summed E-state index contributed by atoms with van der Waals surface area (Å²) in [5.74, 6) is -0.869. The normalized spacial score (nSPS) is 12.4. The van der Waals surface area contributed by atoms with E-state index < -0.39 is 17.7 Å². The SMILES string of the molecule is CCCNC(c1cc(F)ccc1F)c1ncc(C)cc1C. The minimum atomic E-state index is -0.445. The smallest absolute Gasteiger partial charge is 0.128 e. The van der Waals surface area contributed by atoms with Crippen LogP contribution in [0.2, 0.25) is 0 Å². The lowest BCUT2D eigenvalue weighted by Gasteiger charge is -2.21. The third-order valence-corrected chi connectivity index (χ3v) is 3.40. The van der Waals surface area contributed by atoms with Crippen LogP contribution >= 0.6 is 0 Å². The van der Waals surface area contributed by atoms with E-state index in [2.05, 4.69) is 10.3 Å². The first-order valence-electron chi connectivity index (χ1n) is 7.14. The zero-order chi connectivity index (χ0) is 15.4. The molecular weight excluding hydrogens is 270 g/mol. The van der Waals surface area contributed by atoms with Crippen molar-refractivity contribution in [2.45, 2.75) is 33.2 Å². The molecule has 1 unspecified atom stereocenters. The van der Waals surface area contributed by atoms with E-state index in [0.717, 1.165) is 35.4 Å². The molecule has 1 aromatic carbocycles. The third kappa shape index (κ3) is 3.64. The monoisotopic (exact) mass is 290 g/mol. The number of halogens is 2. The zero-order valence-corrected chi connectivity index (χ0v) is 12.6. The first-order chi connectivity index (χ1) is 10.0. The van der Waals surface area contributed by atoms with Crippen LogP contribution in [0.3, 0.4) is 0 Å². The van der Waals surface area contributed by atoms with Gasteiger partial charge < -0.3 is 5.32 Å². The summed E-state index contributed by atoms with van der Waals surface area (Å²) in [7, 11) is 0. The maximum atomic E-state index is 14.1. The standard InChI is InChI=1S/C17H20F2N2/c1-4-7-20-17(14-9-13(18)5-6-15(14)19)16-12(3)8-11(2)10-21-16/h5-6,8-10,17,20H,4,7H2,1-3H3. The minimum Gasteiger partial charge on any atom is -0.305 e. The molecule has 0 bridgehead atoms. The van der Waals surface area contributed by atoms with E-state index in [0.29, 0.717) is 12.1 Å². The Balaban J connectivity index is 2.49. The Morgan fingerprint density at radius 2 is 1.95 bits per heavy atom. The summed E-state index contributed by atoms with van der Waals surface area (Å²) in [6.07, 6.45) is 2.65. The van der Waals surface area contributed by atoms with Crippen molar-refractivity contribution in [3.8, 4) is 0 Å². The number of aryl methyl sites for hydroxylation is 2. The summed E-state index contributed by atoms with van der Waals surface area (Å²) >= 11 is 0. The molecule has 2 nitrogen and oxygen atoms in total. The largest absolute Gasteiger partial charge is 0.305 e. The molecule has 0 radical (unpaired) electrons. The summed E-state index contributed by atoms with van der Waals surface area (Å²) in [4.78, 5) is 4.43. The number of nitrogens with one attached hydrogen (secondary N) is 1. The molecule has 0 amide bonds. The third-order valence-electron chi connectivity index (χ3n) is 3.40. The second-order valence-corrected chi connectivity index (χ2v) is 5.27. The number of hydrogen-bond donors (Lipinski definition) is 1. The number of benzene rings is 1. The van der Waals surface area contributed by atoms with Crippen molar-refractivity contribution in [3.63, 3.8) is 0 Å². The van der Waals surface area contributed by atoms with Crippen molar-refractivity contribution in [2.75, 3.05) is 6.54 Å². The van der Waals surface area contributed by atoms with Crippen molar-refractivity contribution < 1.29 is 8.78 Å². The van der Waals surface area contributed by atoms with Gasteiger partial charge in [0.1, 0.15) is 11.6 Å². The van der Waals surface area contributed by atoms with Gasteiger partial charge in [0.2, 0.25) is 0 Å². The maximum absolute atomic E-state index is 14.1. The molecule has 2 rings (SSSR count). The molecule has 112 valence electrons. The molecule has 1 N–H and O–H groups in total. The summed E-state index contributed by atoms with van der Waals surface area (Å²) < 4.78 is 27.6. The molecule has 2 aromatic rings. The van der Waals surface area contributed by atoms with Crippen LogP contribution in [0.25, 0.3) is 0 Å². The lowest BCUT2D eigenvalue weighted by atomic mass is 9.98. The quantitative estimate of drug-likeness (QED) is 0.898. The van der Waals surface area contributed by atoms with E-state index >= 15 is 0 Å². The fraction of sp³-hybridized carbons (Fsp3) is 0.353. The lowest BCUT2D eigenvalue weighted by molar-refractivity contribution is 0.527. The van der Waals surface area contributed by atoms with Gasteiger partial charge in [-0.15, -0.1) is 0 Å². The Bertz CT molecular complexity index is 626. The van der Waals surface area contributed by atoms with E-state index in [4.69, 9.17) is 0 Å². The fourth-order valence-electron chi connectivity index (χ4n) is 2.41. The van der Waals surface area contributed by atoms with E-state index in [1.54, 1.807) is 6.20 Å². The topological polar surface area (TPSA) is 24.9 Å². The highest BCUT2D eigenvalue weighted by Gasteiger charge is 2.21. The molecule has 1 heterocycles. The van der Waals surface area contributed by atoms with Gasteiger partial charge in [-0.2, -0.15) is 0 Å². The average Bonchev–Trinajstić information content (AvgIpc) is 2.44. The van der Waals surface area contributed by atoms with Gasteiger partial charge in [-0.05, 0) is 56.1 Å². The first-order valence-corrected chi connectivity index (χ1v) is 7.14. The van der Waals surface area contributed by atoms with Gasteiger partial charge in [0.25, 0.3) is 0 Å². The Hall–Kier alpha value is -1.81. The van der Waals surface area contributed by atoms with Gasteiger partial charge in [0.15, 0.2) is 0 Å². The summed E-state index contributed by atoms with van der Waals surface area (Å²) in [6.45, 7) is 6.63. The van der Waals surface area contributed by atoms with Gasteiger partial charge >= 0.3 is 0 Å². The van der Waals surface area contributed by atoms with E-state index in [-0.39, 0.29) is 0 Å². The van der Waals surface area contributed by atoms with Gasteiger partial charge in [-0.25, -0.2) is 8.78 Å². The number of pyridine rings is 1. The fourth-order valence-corrected chi connectivity index (χ4v) is 2.41. The Kier molecular flexibility index (Phi) is 5.02. The predicted octanol–water partition coefficient (Wildman–Crippen LogP) is 4.07. The number of rotatable bonds is 5. The molecule has 0 fully saturated rings.